The highest BCUT2D eigenvalue weighted by molar-refractivity contribution is 5.29. The summed E-state index contributed by atoms with van der Waals surface area (Å²) in [4.78, 5) is 0. The van der Waals surface area contributed by atoms with Crippen molar-refractivity contribution in [3.8, 4) is 5.75 Å². The quantitative estimate of drug-likeness (QED) is 0.738. The van der Waals surface area contributed by atoms with Crippen molar-refractivity contribution >= 4 is 0 Å². The summed E-state index contributed by atoms with van der Waals surface area (Å²) >= 11 is 0. The number of nitrogens with one attached hydrogen (secondary N) is 1. The highest BCUT2D eigenvalue weighted by Crippen LogP contribution is 2.30. The topological polar surface area (TPSA) is 47.3 Å². The summed E-state index contributed by atoms with van der Waals surface area (Å²) in [5.74, 6) is -0.0110. The Bertz CT molecular complexity index is 391. The highest BCUT2D eigenvalue weighted by atomic mass is 19.1. The first kappa shape index (κ1) is 12.3. The molecule has 94 valence electrons. The van der Waals surface area contributed by atoms with E-state index in [1.807, 2.05) is 6.07 Å². The fraction of sp³-hybridized carbons (Fsp3) is 0.538. The van der Waals surface area contributed by atoms with Crippen LogP contribution in [-0.4, -0.2) is 25.7 Å². The molecule has 0 bridgehead atoms. The van der Waals surface area contributed by atoms with Crippen molar-refractivity contribution in [2.75, 3.05) is 20.2 Å². The smallest absolute Gasteiger partial charge is 0.165 e. The van der Waals surface area contributed by atoms with E-state index in [1.165, 1.54) is 13.2 Å². The molecule has 1 saturated carbocycles. The summed E-state index contributed by atoms with van der Waals surface area (Å²) < 4.78 is 18.3. The molecular weight excluding hydrogens is 219 g/mol. The molecular formula is C13H19FN2O. The summed E-state index contributed by atoms with van der Waals surface area (Å²) in [5.41, 5.74) is 6.95. The van der Waals surface area contributed by atoms with Gasteiger partial charge in [-0.25, -0.2) is 4.39 Å². The summed E-state index contributed by atoms with van der Waals surface area (Å²) in [7, 11) is 1.47. The molecule has 0 heterocycles. The maximum absolute atomic E-state index is 13.4. The zero-order valence-corrected chi connectivity index (χ0v) is 10.1. The largest absolute Gasteiger partial charge is 0.494 e. The summed E-state index contributed by atoms with van der Waals surface area (Å²) in [6.07, 6.45) is 3.02. The van der Waals surface area contributed by atoms with Gasteiger partial charge in [-0.1, -0.05) is 6.07 Å². The van der Waals surface area contributed by atoms with Crippen LogP contribution in [-0.2, 0) is 6.42 Å². The average molecular weight is 238 g/mol. The summed E-state index contributed by atoms with van der Waals surface area (Å²) in [6, 6.07) is 5.07. The standard InChI is InChI=1S/C13H19FN2O/c1-17-12-3-2-10(8-11(12)14)4-7-16-9-13(15)5-6-13/h2-3,8,16H,4-7,9,15H2,1H3. The molecule has 0 radical (unpaired) electrons. The van der Waals surface area contributed by atoms with Gasteiger partial charge in [0.1, 0.15) is 0 Å². The molecule has 0 atom stereocenters. The van der Waals surface area contributed by atoms with Gasteiger partial charge in [-0.2, -0.15) is 0 Å². The molecule has 1 aromatic rings. The molecule has 0 aromatic heterocycles. The maximum Gasteiger partial charge on any atom is 0.165 e. The van der Waals surface area contributed by atoms with E-state index in [2.05, 4.69) is 5.32 Å². The number of methoxy groups -OCH3 is 1. The minimum atomic E-state index is -0.303. The molecule has 0 unspecified atom stereocenters. The van der Waals surface area contributed by atoms with Crippen molar-refractivity contribution in [1.29, 1.82) is 0 Å². The second-order valence-corrected chi connectivity index (χ2v) is 4.76. The Morgan fingerprint density at radius 2 is 2.24 bits per heavy atom. The molecule has 1 aliphatic carbocycles. The minimum Gasteiger partial charge on any atom is -0.494 e. The van der Waals surface area contributed by atoms with Crippen molar-refractivity contribution in [3.63, 3.8) is 0 Å². The molecule has 3 nitrogen and oxygen atoms in total. The van der Waals surface area contributed by atoms with E-state index in [1.54, 1.807) is 6.07 Å². The maximum atomic E-state index is 13.4. The van der Waals surface area contributed by atoms with Crippen molar-refractivity contribution in [3.05, 3.63) is 29.6 Å². The van der Waals surface area contributed by atoms with Crippen LogP contribution in [0.15, 0.2) is 18.2 Å². The van der Waals surface area contributed by atoms with Crippen molar-refractivity contribution < 1.29 is 9.13 Å². The van der Waals surface area contributed by atoms with E-state index in [0.29, 0.717) is 5.75 Å². The first-order chi connectivity index (χ1) is 8.13. The molecule has 0 saturated heterocycles. The third-order valence-electron chi connectivity index (χ3n) is 3.18. The molecule has 0 aliphatic heterocycles. The Morgan fingerprint density at radius 3 is 2.82 bits per heavy atom. The second kappa shape index (κ2) is 5.02. The van der Waals surface area contributed by atoms with Gasteiger partial charge in [0.15, 0.2) is 11.6 Å². The highest BCUT2D eigenvalue weighted by Gasteiger charge is 2.37. The van der Waals surface area contributed by atoms with Gasteiger partial charge >= 0.3 is 0 Å². The number of nitrogens with two attached hydrogens (primary N) is 1. The Balaban J connectivity index is 1.76. The lowest BCUT2D eigenvalue weighted by atomic mass is 10.1. The minimum absolute atomic E-state index is 0.0329. The van der Waals surface area contributed by atoms with Crippen LogP contribution >= 0.6 is 0 Å². The van der Waals surface area contributed by atoms with E-state index >= 15 is 0 Å². The molecule has 1 aromatic carbocycles. The van der Waals surface area contributed by atoms with Crippen molar-refractivity contribution in [2.24, 2.45) is 5.73 Å². The molecule has 1 fully saturated rings. The Hall–Kier alpha value is -1.13. The van der Waals surface area contributed by atoms with Gasteiger partial charge in [-0.15, -0.1) is 0 Å². The SMILES string of the molecule is COc1ccc(CCNCC2(N)CC2)cc1F. The number of ether oxygens (including phenoxy) is 1. The molecule has 1 aliphatic rings. The van der Waals surface area contributed by atoms with Gasteiger partial charge in [0, 0.05) is 12.1 Å². The lowest BCUT2D eigenvalue weighted by Gasteiger charge is -2.10. The third-order valence-corrected chi connectivity index (χ3v) is 3.18. The number of benzene rings is 1. The average Bonchev–Trinajstić information content (AvgIpc) is 3.04. The van der Waals surface area contributed by atoms with Crippen LogP contribution in [0.3, 0.4) is 0 Å². The number of hydrogen-bond acceptors (Lipinski definition) is 3. The van der Waals surface area contributed by atoms with Crippen LogP contribution < -0.4 is 15.8 Å². The van der Waals surface area contributed by atoms with Crippen LogP contribution in [0.1, 0.15) is 18.4 Å². The normalized spacial score (nSPS) is 16.9. The van der Waals surface area contributed by atoms with Crippen molar-refractivity contribution in [2.45, 2.75) is 24.8 Å². The van der Waals surface area contributed by atoms with E-state index in [4.69, 9.17) is 10.5 Å². The van der Waals surface area contributed by atoms with E-state index < -0.39 is 0 Å². The number of rotatable bonds is 6. The lowest BCUT2D eigenvalue weighted by Crippen LogP contribution is -2.36. The number of hydrogen-bond donors (Lipinski definition) is 2. The van der Waals surface area contributed by atoms with E-state index in [0.717, 1.165) is 37.9 Å². The van der Waals surface area contributed by atoms with Gasteiger partial charge in [-0.3, -0.25) is 0 Å². The van der Waals surface area contributed by atoms with Crippen molar-refractivity contribution in [1.82, 2.24) is 5.32 Å². The van der Waals surface area contributed by atoms with Gasteiger partial charge in [0.05, 0.1) is 7.11 Å². The zero-order valence-electron chi connectivity index (χ0n) is 10.1. The van der Waals surface area contributed by atoms with Gasteiger partial charge in [0.25, 0.3) is 0 Å². The molecule has 2 rings (SSSR count). The molecule has 4 heteroatoms. The lowest BCUT2D eigenvalue weighted by molar-refractivity contribution is 0.386. The van der Waals surface area contributed by atoms with Crippen LogP contribution in [0.4, 0.5) is 4.39 Å². The van der Waals surface area contributed by atoms with E-state index in [9.17, 15) is 4.39 Å². The van der Waals surface area contributed by atoms with Crippen LogP contribution in [0.5, 0.6) is 5.75 Å². The molecule has 0 amide bonds. The fourth-order valence-corrected chi connectivity index (χ4v) is 1.77. The third kappa shape index (κ3) is 3.41. The zero-order chi connectivity index (χ0) is 12.3. The Labute approximate surface area is 101 Å². The molecule has 3 N–H and O–H groups in total. The first-order valence-electron chi connectivity index (χ1n) is 5.95. The van der Waals surface area contributed by atoms with Gasteiger partial charge in [-0.05, 0) is 43.5 Å². The number of halogens is 1. The van der Waals surface area contributed by atoms with Gasteiger partial charge in [0.2, 0.25) is 0 Å². The second-order valence-electron chi connectivity index (χ2n) is 4.76. The van der Waals surface area contributed by atoms with Crippen LogP contribution in [0.25, 0.3) is 0 Å². The van der Waals surface area contributed by atoms with Crippen LogP contribution in [0, 0.1) is 5.82 Å². The predicted molar refractivity (Wildman–Crippen MR) is 65.7 cm³/mol. The van der Waals surface area contributed by atoms with E-state index in [-0.39, 0.29) is 11.4 Å². The Kier molecular flexibility index (Phi) is 3.64. The summed E-state index contributed by atoms with van der Waals surface area (Å²) in [5, 5.41) is 3.31. The summed E-state index contributed by atoms with van der Waals surface area (Å²) in [6.45, 7) is 1.68. The fourth-order valence-electron chi connectivity index (χ4n) is 1.77. The monoisotopic (exact) mass is 238 g/mol. The van der Waals surface area contributed by atoms with Crippen LogP contribution in [0.2, 0.25) is 0 Å². The van der Waals surface area contributed by atoms with Gasteiger partial charge < -0.3 is 15.8 Å². The molecule has 0 spiro atoms. The Morgan fingerprint density at radius 1 is 1.47 bits per heavy atom. The predicted octanol–water partition coefficient (Wildman–Crippen LogP) is 1.46. The molecule has 17 heavy (non-hydrogen) atoms. The first-order valence-corrected chi connectivity index (χ1v) is 5.95.